The number of hydrogen-bond acceptors (Lipinski definition) is 5. The smallest absolute Gasteiger partial charge is 0.135 e. The first-order chi connectivity index (χ1) is 9.28. The number of aromatic nitrogens is 2. The zero-order chi connectivity index (χ0) is 13.2. The summed E-state index contributed by atoms with van der Waals surface area (Å²) in [6, 6.07) is 0. The van der Waals surface area contributed by atoms with Crippen LogP contribution in [0.3, 0.4) is 0 Å². The molecule has 6 heteroatoms. The fourth-order valence-corrected chi connectivity index (χ4v) is 3.03. The van der Waals surface area contributed by atoms with Gasteiger partial charge in [-0.3, -0.25) is 0 Å². The van der Waals surface area contributed by atoms with Gasteiger partial charge in [0.15, 0.2) is 0 Å². The Balaban J connectivity index is 0.00000147. The molecule has 1 saturated heterocycles. The van der Waals surface area contributed by atoms with Crippen molar-refractivity contribution in [3.63, 3.8) is 0 Å². The van der Waals surface area contributed by atoms with Crippen LogP contribution in [0.15, 0.2) is 0 Å². The molecular formula is C14H24ClN5. The van der Waals surface area contributed by atoms with Crippen LogP contribution >= 0.6 is 12.4 Å². The van der Waals surface area contributed by atoms with Crippen molar-refractivity contribution < 1.29 is 0 Å². The van der Waals surface area contributed by atoms with Gasteiger partial charge < -0.3 is 15.5 Å². The number of fused-ring (bicyclic) bond motifs is 1. The average molecular weight is 298 g/mol. The normalized spacial score (nSPS) is 22.8. The maximum atomic E-state index is 4.86. The molecule has 20 heavy (non-hydrogen) atoms. The maximum Gasteiger partial charge on any atom is 0.135 e. The van der Waals surface area contributed by atoms with E-state index in [4.69, 9.17) is 9.97 Å². The highest BCUT2D eigenvalue weighted by Gasteiger charge is 2.24. The van der Waals surface area contributed by atoms with Gasteiger partial charge in [-0.2, -0.15) is 0 Å². The molecule has 0 spiro atoms. The Morgan fingerprint density at radius 2 is 2.20 bits per heavy atom. The molecule has 3 rings (SSSR count). The minimum absolute atomic E-state index is 0. The van der Waals surface area contributed by atoms with Crippen LogP contribution in [-0.2, 0) is 13.0 Å². The molecule has 1 aromatic rings. The van der Waals surface area contributed by atoms with Gasteiger partial charge in [0.1, 0.15) is 11.6 Å². The highest BCUT2D eigenvalue weighted by atomic mass is 35.5. The summed E-state index contributed by atoms with van der Waals surface area (Å²) in [5, 5.41) is 6.71. The molecule has 1 unspecified atom stereocenters. The summed E-state index contributed by atoms with van der Waals surface area (Å²) in [5.41, 5.74) is 2.53. The number of likely N-dealkylation sites (N-methyl/N-ethyl adjacent to an activating group) is 1. The number of nitrogens with zero attached hydrogens (tertiary/aromatic N) is 3. The second kappa shape index (κ2) is 6.70. The van der Waals surface area contributed by atoms with Crippen molar-refractivity contribution >= 4 is 18.2 Å². The fraction of sp³-hybridized carbons (Fsp3) is 0.714. The fourth-order valence-electron chi connectivity index (χ4n) is 3.03. The van der Waals surface area contributed by atoms with Crippen molar-refractivity contribution in [1.82, 2.24) is 20.2 Å². The van der Waals surface area contributed by atoms with Gasteiger partial charge in [-0.05, 0) is 26.4 Å². The van der Waals surface area contributed by atoms with Crippen molar-refractivity contribution in [2.24, 2.45) is 0 Å². The van der Waals surface area contributed by atoms with Crippen LogP contribution in [0.5, 0.6) is 0 Å². The molecule has 0 aliphatic carbocycles. The molecule has 0 amide bonds. The van der Waals surface area contributed by atoms with Crippen molar-refractivity contribution in [2.75, 3.05) is 39.0 Å². The molecule has 2 N–H and O–H groups in total. The Hall–Kier alpha value is -0.910. The van der Waals surface area contributed by atoms with Crippen LogP contribution in [0.4, 0.5) is 5.82 Å². The van der Waals surface area contributed by atoms with E-state index >= 15 is 0 Å². The highest BCUT2D eigenvalue weighted by molar-refractivity contribution is 5.85. The molecule has 3 heterocycles. The summed E-state index contributed by atoms with van der Waals surface area (Å²) < 4.78 is 0. The van der Waals surface area contributed by atoms with E-state index in [2.05, 4.69) is 22.6 Å². The van der Waals surface area contributed by atoms with E-state index in [0.29, 0.717) is 5.92 Å². The van der Waals surface area contributed by atoms with E-state index < -0.39 is 0 Å². The molecule has 0 radical (unpaired) electrons. The molecule has 0 aromatic carbocycles. The third kappa shape index (κ3) is 3.05. The van der Waals surface area contributed by atoms with Crippen LogP contribution in [0.2, 0.25) is 0 Å². The number of anilines is 1. The topological polar surface area (TPSA) is 53.1 Å². The summed E-state index contributed by atoms with van der Waals surface area (Å²) in [6.07, 6.45) is 3.47. The summed E-state index contributed by atoms with van der Waals surface area (Å²) >= 11 is 0. The molecular weight excluding hydrogens is 274 g/mol. The summed E-state index contributed by atoms with van der Waals surface area (Å²) in [4.78, 5) is 12.0. The van der Waals surface area contributed by atoms with Crippen LogP contribution in [0.1, 0.15) is 35.8 Å². The lowest BCUT2D eigenvalue weighted by molar-refractivity contribution is 0.308. The monoisotopic (exact) mass is 297 g/mol. The number of halogens is 1. The maximum absolute atomic E-state index is 4.86. The van der Waals surface area contributed by atoms with E-state index in [9.17, 15) is 0 Å². The minimum atomic E-state index is 0. The molecule has 2 aliphatic rings. The van der Waals surface area contributed by atoms with E-state index in [0.717, 1.165) is 44.2 Å². The predicted molar refractivity (Wildman–Crippen MR) is 83.7 cm³/mol. The Bertz CT molecular complexity index is 442. The van der Waals surface area contributed by atoms with Crippen LogP contribution < -0.4 is 10.6 Å². The quantitative estimate of drug-likeness (QED) is 0.864. The first-order valence-corrected chi connectivity index (χ1v) is 7.24. The third-order valence-electron chi connectivity index (χ3n) is 4.17. The van der Waals surface area contributed by atoms with Crippen LogP contribution in [-0.4, -0.2) is 48.6 Å². The summed E-state index contributed by atoms with van der Waals surface area (Å²) in [6.45, 7) is 4.19. The zero-order valence-corrected chi connectivity index (χ0v) is 13.1. The number of piperidine rings is 1. The van der Waals surface area contributed by atoms with Crippen molar-refractivity contribution in [3.05, 3.63) is 17.1 Å². The van der Waals surface area contributed by atoms with Crippen molar-refractivity contribution in [2.45, 2.75) is 31.7 Å². The molecule has 2 aliphatic heterocycles. The minimum Gasteiger partial charge on any atom is -0.373 e. The molecule has 5 nitrogen and oxygen atoms in total. The van der Waals surface area contributed by atoms with Crippen LogP contribution in [0, 0.1) is 0 Å². The van der Waals surface area contributed by atoms with E-state index in [1.54, 1.807) is 0 Å². The van der Waals surface area contributed by atoms with Crippen LogP contribution in [0.25, 0.3) is 0 Å². The Morgan fingerprint density at radius 3 is 2.90 bits per heavy atom. The van der Waals surface area contributed by atoms with Crippen molar-refractivity contribution in [3.8, 4) is 0 Å². The zero-order valence-electron chi connectivity index (χ0n) is 12.3. The molecule has 112 valence electrons. The lowest BCUT2D eigenvalue weighted by atomic mass is 9.97. The van der Waals surface area contributed by atoms with Gasteiger partial charge in [-0.25, -0.2) is 9.97 Å². The van der Waals surface area contributed by atoms with Gasteiger partial charge in [-0.1, -0.05) is 0 Å². The van der Waals surface area contributed by atoms with E-state index in [-0.39, 0.29) is 12.4 Å². The number of nitrogens with one attached hydrogen (secondary N) is 2. The standard InChI is InChI=1S/C14H23N5.ClH/c1-15-14-11-9-19(2)7-5-12(11)17-13(18-14)10-4-3-6-16-8-10;/h10,16H,3-9H2,1-2H3,(H,15,17,18);1H. The highest BCUT2D eigenvalue weighted by Crippen LogP contribution is 2.27. The largest absolute Gasteiger partial charge is 0.373 e. The Morgan fingerprint density at radius 1 is 1.35 bits per heavy atom. The first-order valence-electron chi connectivity index (χ1n) is 7.24. The molecule has 0 saturated carbocycles. The summed E-state index contributed by atoms with van der Waals surface area (Å²) in [5.74, 6) is 2.53. The van der Waals surface area contributed by atoms with Gasteiger partial charge in [-0.15, -0.1) is 12.4 Å². The predicted octanol–water partition coefficient (Wildman–Crippen LogP) is 1.40. The van der Waals surface area contributed by atoms with Gasteiger partial charge in [0.25, 0.3) is 0 Å². The van der Waals surface area contributed by atoms with E-state index in [1.165, 1.54) is 24.1 Å². The van der Waals surface area contributed by atoms with Gasteiger partial charge >= 0.3 is 0 Å². The number of hydrogen-bond donors (Lipinski definition) is 2. The third-order valence-corrected chi connectivity index (χ3v) is 4.17. The van der Waals surface area contributed by atoms with Crippen molar-refractivity contribution in [1.29, 1.82) is 0 Å². The van der Waals surface area contributed by atoms with Gasteiger partial charge in [0.05, 0.1) is 5.69 Å². The second-order valence-corrected chi connectivity index (χ2v) is 5.64. The molecule has 1 fully saturated rings. The molecule has 1 aromatic heterocycles. The lowest BCUT2D eigenvalue weighted by Crippen LogP contribution is -2.32. The molecule has 0 bridgehead atoms. The summed E-state index contributed by atoms with van der Waals surface area (Å²) in [7, 11) is 4.11. The first kappa shape index (κ1) is 15.5. The van der Waals surface area contributed by atoms with Gasteiger partial charge in [0, 0.05) is 44.6 Å². The lowest BCUT2D eigenvalue weighted by Gasteiger charge is -2.28. The average Bonchev–Trinajstić information content (AvgIpc) is 2.47. The number of rotatable bonds is 2. The van der Waals surface area contributed by atoms with Gasteiger partial charge in [0.2, 0.25) is 0 Å². The second-order valence-electron chi connectivity index (χ2n) is 5.64. The van der Waals surface area contributed by atoms with E-state index in [1.807, 2.05) is 7.05 Å². The SMILES string of the molecule is CNc1nc(C2CCCNC2)nc2c1CN(C)CC2.Cl. The Labute approximate surface area is 127 Å². The molecule has 1 atom stereocenters. The Kier molecular flexibility index (Phi) is 5.18.